The molecule has 0 radical (unpaired) electrons. The first-order valence-corrected chi connectivity index (χ1v) is 7.51. The van der Waals surface area contributed by atoms with Crippen molar-refractivity contribution >= 4 is 57.2 Å². The van der Waals surface area contributed by atoms with E-state index in [0.29, 0.717) is 0 Å². The largest absolute Gasteiger partial charge is 0.495 e. The van der Waals surface area contributed by atoms with Crippen LogP contribution in [-0.4, -0.2) is 19.7 Å². The summed E-state index contributed by atoms with van der Waals surface area (Å²) < 4.78 is 11.9. The van der Waals surface area contributed by atoms with Gasteiger partial charge in [-0.25, -0.2) is 4.79 Å². The molecule has 0 aliphatic carbocycles. The summed E-state index contributed by atoms with van der Waals surface area (Å²) in [6.07, 6.45) is 1.52. The van der Waals surface area contributed by atoms with Gasteiger partial charge in [0.25, 0.3) is 0 Å². The van der Waals surface area contributed by atoms with Crippen LogP contribution in [0.4, 0.5) is 0 Å². The summed E-state index contributed by atoms with van der Waals surface area (Å²) in [6.45, 7) is 1.95. The minimum atomic E-state index is -0.606. The van der Waals surface area contributed by atoms with Crippen molar-refractivity contribution in [3.8, 4) is 11.8 Å². The lowest BCUT2D eigenvalue weighted by atomic mass is 10.1. The summed E-state index contributed by atoms with van der Waals surface area (Å²) in [5.74, 6) is 0.179. The second-order valence-corrected chi connectivity index (χ2v) is 5.73. The number of methoxy groups -OCH3 is 1. The van der Waals surface area contributed by atoms with E-state index in [1.165, 1.54) is 6.08 Å². The van der Waals surface area contributed by atoms with Crippen molar-refractivity contribution in [2.45, 2.75) is 6.92 Å². The molecular weight excluding hydrogens is 472 g/mol. The number of esters is 1. The van der Waals surface area contributed by atoms with Crippen molar-refractivity contribution in [3.05, 3.63) is 30.4 Å². The molecule has 0 aliphatic rings. The first kappa shape index (κ1) is 16.2. The van der Waals surface area contributed by atoms with E-state index in [-0.39, 0.29) is 12.2 Å². The van der Waals surface area contributed by atoms with E-state index in [9.17, 15) is 4.79 Å². The molecule has 0 amide bonds. The zero-order valence-corrected chi connectivity index (χ0v) is 14.7. The first-order valence-electron chi connectivity index (χ1n) is 5.35. The van der Waals surface area contributed by atoms with Gasteiger partial charge in [0.05, 0.1) is 20.9 Å². The Morgan fingerprint density at radius 1 is 1.42 bits per heavy atom. The highest BCUT2D eigenvalue weighted by molar-refractivity contribution is 14.1. The Morgan fingerprint density at radius 2 is 2.00 bits per heavy atom. The molecule has 0 aromatic heterocycles. The third-order valence-electron chi connectivity index (χ3n) is 2.15. The van der Waals surface area contributed by atoms with Gasteiger partial charge < -0.3 is 9.47 Å². The standard InChI is InChI=1S/C13H11I2NO3/c1-3-19-13(17)9(7-16)4-8-5-10(14)12(18-2)11(15)6-8/h4-6H,3H2,1-2H3/b9-4+. The molecular formula is C13H11I2NO3. The van der Waals surface area contributed by atoms with Crippen LogP contribution in [0.25, 0.3) is 6.08 Å². The third kappa shape index (κ3) is 4.35. The summed E-state index contributed by atoms with van der Waals surface area (Å²) in [4.78, 5) is 11.5. The summed E-state index contributed by atoms with van der Waals surface area (Å²) in [5.41, 5.74) is 0.748. The third-order valence-corrected chi connectivity index (χ3v) is 3.75. The monoisotopic (exact) mass is 483 g/mol. The van der Waals surface area contributed by atoms with Crippen LogP contribution in [0.1, 0.15) is 12.5 Å². The fourth-order valence-corrected chi connectivity index (χ4v) is 3.63. The molecule has 4 nitrogen and oxygen atoms in total. The number of halogens is 2. The van der Waals surface area contributed by atoms with Gasteiger partial charge in [-0.1, -0.05) is 0 Å². The van der Waals surface area contributed by atoms with Gasteiger partial charge in [-0.05, 0) is 75.9 Å². The molecule has 1 aromatic carbocycles. The van der Waals surface area contributed by atoms with Crippen LogP contribution >= 0.6 is 45.2 Å². The fourth-order valence-electron chi connectivity index (χ4n) is 1.37. The van der Waals surface area contributed by atoms with E-state index in [0.717, 1.165) is 18.5 Å². The molecule has 0 saturated heterocycles. The molecule has 100 valence electrons. The van der Waals surface area contributed by atoms with Gasteiger partial charge in [0, 0.05) is 0 Å². The summed E-state index contributed by atoms with van der Waals surface area (Å²) in [6, 6.07) is 5.54. The topological polar surface area (TPSA) is 59.3 Å². The van der Waals surface area contributed by atoms with Gasteiger partial charge in [-0.3, -0.25) is 0 Å². The van der Waals surface area contributed by atoms with Crippen LogP contribution in [0.3, 0.4) is 0 Å². The Kier molecular flexibility index (Phi) is 6.57. The first-order chi connectivity index (χ1) is 9.03. The van der Waals surface area contributed by atoms with E-state index in [2.05, 4.69) is 45.2 Å². The van der Waals surface area contributed by atoms with Gasteiger partial charge in [-0.15, -0.1) is 0 Å². The van der Waals surface area contributed by atoms with Crippen molar-refractivity contribution in [2.75, 3.05) is 13.7 Å². The average molecular weight is 483 g/mol. The second-order valence-electron chi connectivity index (χ2n) is 3.41. The molecule has 0 atom stereocenters. The number of nitriles is 1. The van der Waals surface area contributed by atoms with E-state index in [1.807, 2.05) is 18.2 Å². The molecule has 0 aliphatic heterocycles. The highest BCUT2D eigenvalue weighted by Gasteiger charge is 2.12. The number of benzene rings is 1. The number of rotatable bonds is 4. The molecule has 19 heavy (non-hydrogen) atoms. The average Bonchev–Trinajstić information content (AvgIpc) is 2.35. The van der Waals surface area contributed by atoms with Gasteiger partial charge >= 0.3 is 5.97 Å². The Bertz CT molecular complexity index is 538. The summed E-state index contributed by atoms with van der Waals surface area (Å²) >= 11 is 4.29. The van der Waals surface area contributed by atoms with Gasteiger partial charge in [0.1, 0.15) is 17.4 Å². The van der Waals surface area contributed by atoms with E-state index in [1.54, 1.807) is 14.0 Å². The number of carbonyl (C=O) groups excluding carboxylic acids is 1. The highest BCUT2D eigenvalue weighted by Crippen LogP contribution is 2.29. The maximum absolute atomic E-state index is 11.5. The smallest absolute Gasteiger partial charge is 0.348 e. The lowest BCUT2D eigenvalue weighted by Gasteiger charge is -2.07. The lowest BCUT2D eigenvalue weighted by Crippen LogP contribution is -2.06. The summed E-state index contributed by atoms with van der Waals surface area (Å²) in [7, 11) is 1.61. The number of ether oxygens (including phenoxy) is 2. The van der Waals surface area contributed by atoms with Crippen molar-refractivity contribution in [1.29, 1.82) is 5.26 Å². The van der Waals surface area contributed by atoms with Crippen LogP contribution in [0.2, 0.25) is 0 Å². The van der Waals surface area contributed by atoms with E-state index in [4.69, 9.17) is 14.7 Å². The Hall–Kier alpha value is -0.820. The molecule has 0 spiro atoms. The molecule has 0 fully saturated rings. The van der Waals surface area contributed by atoms with Crippen molar-refractivity contribution in [1.82, 2.24) is 0 Å². The maximum atomic E-state index is 11.5. The summed E-state index contributed by atoms with van der Waals surface area (Å²) in [5, 5.41) is 8.98. The molecule has 0 N–H and O–H groups in total. The molecule has 1 aromatic rings. The van der Waals surface area contributed by atoms with Gasteiger partial charge in [0.2, 0.25) is 0 Å². The Morgan fingerprint density at radius 3 is 2.42 bits per heavy atom. The quantitative estimate of drug-likeness (QED) is 0.286. The Labute approximate surface area is 139 Å². The van der Waals surface area contributed by atoms with Gasteiger partial charge in [0.15, 0.2) is 0 Å². The number of hydrogen-bond acceptors (Lipinski definition) is 4. The van der Waals surface area contributed by atoms with Crippen molar-refractivity contribution in [2.24, 2.45) is 0 Å². The van der Waals surface area contributed by atoms with E-state index >= 15 is 0 Å². The van der Waals surface area contributed by atoms with Crippen molar-refractivity contribution in [3.63, 3.8) is 0 Å². The number of hydrogen-bond donors (Lipinski definition) is 0. The minimum Gasteiger partial charge on any atom is -0.495 e. The molecule has 0 unspecified atom stereocenters. The van der Waals surface area contributed by atoms with Crippen LogP contribution in [0, 0.1) is 18.5 Å². The zero-order chi connectivity index (χ0) is 14.4. The van der Waals surface area contributed by atoms with Crippen LogP contribution < -0.4 is 4.74 Å². The Balaban J connectivity index is 3.17. The predicted octanol–water partition coefficient (Wildman–Crippen LogP) is 3.37. The predicted molar refractivity (Wildman–Crippen MR) is 88.7 cm³/mol. The van der Waals surface area contributed by atoms with Crippen LogP contribution in [0.5, 0.6) is 5.75 Å². The SMILES string of the molecule is CCOC(=O)/C(C#N)=C/c1cc(I)c(OC)c(I)c1. The van der Waals surface area contributed by atoms with Crippen molar-refractivity contribution < 1.29 is 14.3 Å². The zero-order valence-electron chi connectivity index (χ0n) is 10.4. The second kappa shape index (κ2) is 7.69. The number of carbonyl (C=O) groups is 1. The molecule has 0 saturated carbocycles. The van der Waals surface area contributed by atoms with Crippen LogP contribution in [0.15, 0.2) is 17.7 Å². The molecule has 0 heterocycles. The van der Waals surface area contributed by atoms with E-state index < -0.39 is 5.97 Å². The van der Waals surface area contributed by atoms with Crippen LogP contribution in [-0.2, 0) is 9.53 Å². The molecule has 1 rings (SSSR count). The maximum Gasteiger partial charge on any atom is 0.348 e. The number of nitrogens with zero attached hydrogens (tertiary/aromatic N) is 1. The van der Waals surface area contributed by atoms with Gasteiger partial charge in [-0.2, -0.15) is 5.26 Å². The normalized spacial score (nSPS) is 10.8. The minimum absolute atomic E-state index is 0.0152. The molecule has 6 heteroatoms. The fraction of sp³-hybridized carbons (Fsp3) is 0.231. The molecule has 0 bridgehead atoms. The lowest BCUT2D eigenvalue weighted by molar-refractivity contribution is -0.137. The highest BCUT2D eigenvalue weighted by atomic mass is 127.